The van der Waals surface area contributed by atoms with Crippen molar-refractivity contribution in [2.75, 3.05) is 6.54 Å². The number of halogens is 3. The average Bonchev–Trinajstić information content (AvgIpc) is 3.42. The normalized spacial score (nSPS) is 18.7. The molecule has 2 N–H and O–H groups in total. The van der Waals surface area contributed by atoms with Gasteiger partial charge in [-0.1, -0.05) is 41.6 Å². The molecular weight excluding hydrogens is 423 g/mol. The number of carbonyl (C=O) groups is 1. The fourth-order valence-corrected chi connectivity index (χ4v) is 3.89. The number of nitrogens with one attached hydrogen (secondary N) is 1. The molecule has 4 rings (SSSR count). The van der Waals surface area contributed by atoms with Gasteiger partial charge in [0.1, 0.15) is 0 Å². The number of nitrogens with zero attached hydrogens (tertiary/aromatic N) is 2. The van der Waals surface area contributed by atoms with E-state index in [0.717, 1.165) is 17.5 Å². The second-order valence-corrected chi connectivity index (χ2v) is 8.02. The molecule has 0 saturated carbocycles. The summed E-state index contributed by atoms with van der Waals surface area (Å²) in [5.74, 6) is 0.0460. The number of benzene rings is 2. The van der Waals surface area contributed by atoms with Gasteiger partial charge in [0.15, 0.2) is 0 Å². The number of hydrogen-bond acceptors (Lipinski definition) is 5. The van der Waals surface area contributed by atoms with E-state index in [0.29, 0.717) is 29.4 Å². The van der Waals surface area contributed by atoms with Crippen molar-refractivity contribution < 1.29 is 27.6 Å². The number of rotatable bonds is 7. The Morgan fingerprint density at radius 3 is 2.44 bits per heavy atom. The Kier molecular flexibility index (Phi) is 6.27. The fraction of sp³-hybridized carbons (Fsp3) is 0.348. The third-order valence-corrected chi connectivity index (χ3v) is 5.58. The van der Waals surface area contributed by atoms with Crippen LogP contribution in [0.2, 0.25) is 0 Å². The predicted molar refractivity (Wildman–Crippen MR) is 111 cm³/mol. The molecule has 2 heterocycles. The molecule has 3 aromatic rings. The molecule has 1 aliphatic rings. The molecule has 32 heavy (non-hydrogen) atoms. The van der Waals surface area contributed by atoms with Gasteiger partial charge in [0.2, 0.25) is 5.82 Å². The summed E-state index contributed by atoms with van der Waals surface area (Å²) in [5, 5.41) is 16.3. The van der Waals surface area contributed by atoms with Crippen molar-refractivity contribution in [1.29, 1.82) is 0 Å². The minimum Gasteiger partial charge on any atom is -0.481 e. The summed E-state index contributed by atoms with van der Waals surface area (Å²) in [7, 11) is 0. The number of alkyl halides is 3. The van der Waals surface area contributed by atoms with Crippen molar-refractivity contribution in [2.45, 2.75) is 37.9 Å². The third-order valence-electron chi connectivity index (χ3n) is 5.58. The van der Waals surface area contributed by atoms with Gasteiger partial charge in [-0.3, -0.25) is 4.79 Å². The van der Waals surface area contributed by atoms with E-state index in [4.69, 9.17) is 9.63 Å². The molecule has 1 aromatic heterocycles. The van der Waals surface area contributed by atoms with Gasteiger partial charge < -0.3 is 14.9 Å². The quantitative estimate of drug-likeness (QED) is 0.531. The zero-order valence-corrected chi connectivity index (χ0v) is 17.1. The maximum absolute atomic E-state index is 12.4. The summed E-state index contributed by atoms with van der Waals surface area (Å²) in [6.45, 7) is 0.682. The molecule has 0 radical (unpaired) electrons. The molecule has 1 saturated heterocycles. The lowest BCUT2D eigenvalue weighted by Gasteiger charge is -2.11. The van der Waals surface area contributed by atoms with E-state index < -0.39 is 18.6 Å². The Morgan fingerprint density at radius 1 is 1.09 bits per heavy atom. The molecule has 1 aliphatic heterocycles. The number of aryl methyl sites for hydroxylation is 1. The summed E-state index contributed by atoms with van der Waals surface area (Å²) in [5.41, 5.74) is 3.06. The van der Waals surface area contributed by atoms with Crippen LogP contribution in [0.5, 0.6) is 0 Å². The largest absolute Gasteiger partial charge is 0.481 e. The van der Waals surface area contributed by atoms with E-state index in [1.807, 2.05) is 24.3 Å². The van der Waals surface area contributed by atoms with Crippen molar-refractivity contribution in [3.63, 3.8) is 0 Å². The van der Waals surface area contributed by atoms with E-state index in [9.17, 15) is 18.0 Å². The molecule has 0 amide bonds. The SMILES string of the molecule is O=C(O)CC1CNC(c2ccc(-c3noc(-c4ccc(CCC(F)(F)F)cc4)n3)cc2)C1. The number of aromatic nitrogens is 2. The predicted octanol–water partition coefficient (Wildman–Crippen LogP) is 5.02. The van der Waals surface area contributed by atoms with E-state index in [1.54, 1.807) is 24.3 Å². The summed E-state index contributed by atoms with van der Waals surface area (Å²) >= 11 is 0. The minimum atomic E-state index is -4.18. The zero-order chi connectivity index (χ0) is 22.7. The topological polar surface area (TPSA) is 88.2 Å². The van der Waals surface area contributed by atoms with Gasteiger partial charge in [-0.2, -0.15) is 18.2 Å². The van der Waals surface area contributed by atoms with Gasteiger partial charge in [0.25, 0.3) is 5.89 Å². The lowest BCUT2D eigenvalue weighted by Crippen LogP contribution is -2.14. The molecular formula is C23H22F3N3O3. The van der Waals surface area contributed by atoms with Crippen LogP contribution in [0.3, 0.4) is 0 Å². The Labute approximate surface area is 182 Å². The minimum absolute atomic E-state index is 0.0713. The number of aliphatic carboxylic acids is 1. The highest BCUT2D eigenvalue weighted by Crippen LogP contribution is 2.31. The van der Waals surface area contributed by atoms with Crippen LogP contribution in [-0.2, 0) is 11.2 Å². The van der Waals surface area contributed by atoms with E-state index >= 15 is 0 Å². The van der Waals surface area contributed by atoms with Crippen LogP contribution >= 0.6 is 0 Å². The maximum atomic E-state index is 12.4. The summed E-state index contributed by atoms with van der Waals surface area (Å²) in [6, 6.07) is 14.4. The first kappa shape index (κ1) is 22.0. The first-order valence-corrected chi connectivity index (χ1v) is 10.3. The molecule has 2 unspecified atom stereocenters. The molecule has 168 valence electrons. The lowest BCUT2D eigenvalue weighted by atomic mass is 9.97. The third kappa shape index (κ3) is 5.53. The van der Waals surface area contributed by atoms with Crippen LogP contribution in [0, 0.1) is 5.92 Å². The molecule has 0 aliphatic carbocycles. The second-order valence-electron chi connectivity index (χ2n) is 8.02. The van der Waals surface area contributed by atoms with Crippen LogP contribution in [0.15, 0.2) is 53.1 Å². The number of carboxylic acids is 1. The van der Waals surface area contributed by atoms with Gasteiger partial charge in [-0.25, -0.2) is 0 Å². The highest BCUT2D eigenvalue weighted by molar-refractivity contribution is 5.67. The van der Waals surface area contributed by atoms with Gasteiger partial charge in [0.05, 0.1) is 0 Å². The molecule has 2 atom stereocenters. The van der Waals surface area contributed by atoms with Crippen molar-refractivity contribution in [2.24, 2.45) is 5.92 Å². The van der Waals surface area contributed by atoms with Gasteiger partial charge in [0, 0.05) is 30.0 Å². The van der Waals surface area contributed by atoms with Crippen LogP contribution < -0.4 is 5.32 Å². The van der Waals surface area contributed by atoms with E-state index in [-0.39, 0.29) is 24.8 Å². The second kappa shape index (κ2) is 9.12. The molecule has 1 fully saturated rings. The van der Waals surface area contributed by atoms with Crippen molar-refractivity contribution in [3.8, 4) is 22.8 Å². The molecule has 6 nitrogen and oxygen atoms in total. The first-order valence-electron chi connectivity index (χ1n) is 10.3. The first-order chi connectivity index (χ1) is 15.3. The van der Waals surface area contributed by atoms with Gasteiger partial charge in [-0.05, 0) is 48.6 Å². The van der Waals surface area contributed by atoms with Crippen LogP contribution in [-0.4, -0.2) is 33.9 Å². The smallest absolute Gasteiger partial charge is 0.389 e. The van der Waals surface area contributed by atoms with Crippen LogP contribution in [0.1, 0.15) is 36.4 Å². The monoisotopic (exact) mass is 445 g/mol. The maximum Gasteiger partial charge on any atom is 0.389 e. The van der Waals surface area contributed by atoms with Crippen molar-refractivity contribution in [1.82, 2.24) is 15.5 Å². The van der Waals surface area contributed by atoms with Gasteiger partial charge >= 0.3 is 12.1 Å². The van der Waals surface area contributed by atoms with Gasteiger partial charge in [-0.15, -0.1) is 0 Å². The molecule has 2 aromatic carbocycles. The van der Waals surface area contributed by atoms with E-state index in [1.165, 1.54) is 0 Å². The van der Waals surface area contributed by atoms with Crippen LogP contribution in [0.25, 0.3) is 22.8 Å². The van der Waals surface area contributed by atoms with Crippen LogP contribution in [0.4, 0.5) is 13.2 Å². The molecule has 9 heteroatoms. The highest BCUT2D eigenvalue weighted by atomic mass is 19.4. The molecule has 0 bridgehead atoms. The highest BCUT2D eigenvalue weighted by Gasteiger charge is 2.27. The van der Waals surface area contributed by atoms with E-state index in [2.05, 4.69) is 15.5 Å². The molecule has 0 spiro atoms. The summed E-state index contributed by atoms with van der Waals surface area (Å²) in [6.07, 6.45) is -4.17. The lowest BCUT2D eigenvalue weighted by molar-refractivity contribution is -0.138. The Morgan fingerprint density at radius 2 is 1.78 bits per heavy atom. The average molecular weight is 445 g/mol. The van der Waals surface area contributed by atoms with Crippen molar-refractivity contribution >= 4 is 5.97 Å². The Balaban J connectivity index is 1.40. The standard InChI is InChI=1S/C23H22F3N3O3/c24-23(25,26)10-9-14-1-3-18(4-2-14)22-28-21(29-32-22)17-7-5-16(6-8-17)19-11-15(13-27-19)12-20(30)31/h1-8,15,19,27H,9-13H2,(H,30,31). The fourth-order valence-electron chi connectivity index (χ4n) is 3.89. The summed E-state index contributed by atoms with van der Waals surface area (Å²) < 4.78 is 42.4. The zero-order valence-electron chi connectivity index (χ0n) is 17.1. The number of hydrogen-bond donors (Lipinski definition) is 2. The number of carboxylic acid groups (broad SMARTS) is 1. The Hall–Kier alpha value is -3.20. The van der Waals surface area contributed by atoms with Crippen molar-refractivity contribution in [3.05, 3.63) is 59.7 Å². The Bertz CT molecular complexity index is 1060. The summed E-state index contributed by atoms with van der Waals surface area (Å²) in [4.78, 5) is 15.3.